The fourth-order valence-corrected chi connectivity index (χ4v) is 4.17. The Bertz CT molecular complexity index is 712. The second kappa shape index (κ2) is 8.33. The molecular formula is C18H24N2O4S. The van der Waals surface area contributed by atoms with Gasteiger partial charge in [-0.05, 0) is 48.2 Å². The molecule has 136 valence electrons. The summed E-state index contributed by atoms with van der Waals surface area (Å²) in [5.41, 5.74) is 14.0. The van der Waals surface area contributed by atoms with Crippen LogP contribution in [0.4, 0.5) is 11.4 Å². The summed E-state index contributed by atoms with van der Waals surface area (Å²) in [6.07, 6.45) is -1.63. The number of hydrogen-bond acceptors (Lipinski definition) is 6. The van der Waals surface area contributed by atoms with Crippen molar-refractivity contribution in [3.8, 4) is 0 Å². The highest BCUT2D eigenvalue weighted by atomic mass is 32.2. The number of rotatable bonds is 8. The van der Waals surface area contributed by atoms with Crippen molar-refractivity contribution in [3.63, 3.8) is 0 Å². The number of nitrogen functional groups attached to an aromatic ring is 2. The summed E-state index contributed by atoms with van der Waals surface area (Å²) >= 11 is 0. The van der Waals surface area contributed by atoms with Gasteiger partial charge in [-0.25, -0.2) is 8.42 Å². The number of sulfone groups is 1. The van der Waals surface area contributed by atoms with E-state index in [1.165, 1.54) is 0 Å². The molecule has 6 N–H and O–H groups in total. The number of anilines is 2. The van der Waals surface area contributed by atoms with E-state index in [2.05, 4.69) is 0 Å². The van der Waals surface area contributed by atoms with Crippen LogP contribution in [-0.2, 0) is 22.7 Å². The van der Waals surface area contributed by atoms with Crippen molar-refractivity contribution in [1.29, 1.82) is 0 Å². The summed E-state index contributed by atoms with van der Waals surface area (Å²) in [6.45, 7) is 0. The highest BCUT2D eigenvalue weighted by molar-refractivity contribution is 7.91. The lowest BCUT2D eigenvalue weighted by Gasteiger charge is -2.15. The molecule has 2 aromatic rings. The van der Waals surface area contributed by atoms with Crippen LogP contribution in [0.5, 0.6) is 0 Å². The third-order valence-electron chi connectivity index (χ3n) is 3.79. The Labute approximate surface area is 148 Å². The predicted molar refractivity (Wildman–Crippen MR) is 99.8 cm³/mol. The summed E-state index contributed by atoms with van der Waals surface area (Å²) in [5.74, 6) is -0.785. The molecule has 2 atom stereocenters. The smallest absolute Gasteiger partial charge is 0.155 e. The minimum atomic E-state index is -3.59. The lowest BCUT2D eigenvalue weighted by Crippen LogP contribution is -2.30. The maximum absolute atomic E-state index is 12.2. The van der Waals surface area contributed by atoms with Gasteiger partial charge in [-0.15, -0.1) is 0 Å². The highest BCUT2D eigenvalue weighted by Crippen LogP contribution is 2.12. The number of benzene rings is 2. The van der Waals surface area contributed by atoms with Crippen molar-refractivity contribution in [2.75, 3.05) is 23.0 Å². The molecule has 2 rings (SSSR count). The van der Waals surface area contributed by atoms with Gasteiger partial charge in [0, 0.05) is 11.4 Å². The number of nitrogens with two attached hydrogens (primary N) is 2. The minimum Gasteiger partial charge on any atom is -0.399 e. The van der Waals surface area contributed by atoms with Gasteiger partial charge in [0.2, 0.25) is 0 Å². The average Bonchev–Trinajstić information content (AvgIpc) is 2.50. The van der Waals surface area contributed by atoms with Gasteiger partial charge in [0.05, 0.1) is 23.7 Å². The largest absolute Gasteiger partial charge is 0.399 e. The van der Waals surface area contributed by atoms with Crippen LogP contribution in [0.25, 0.3) is 0 Å². The normalized spacial score (nSPS) is 14.2. The van der Waals surface area contributed by atoms with Crippen molar-refractivity contribution in [2.24, 2.45) is 0 Å². The third kappa shape index (κ3) is 6.74. The fourth-order valence-electron chi connectivity index (χ4n) is 2.62. The molecular weight excluding hydrogens is 340 g/mol. The van der Waals surface area contributed by atoms with Gasteiger partial charge < -0.3 is 21.7 Å². The molecule has 0 aliphatic carbocycles. The molecule has 0 heterocycles. The van der Waals surface area contributed by atoms with E-state index in [0.29, 0.717) is 11.4 Å². The molecule has 0 aromatic heterocycles. The second-order valence-corrected chi connectivity index (χ2v) is 8.43. The van der Waals surface area contributed by atoms with Crippen LogP contribution in [0.1, 0.15) is 11.1 Å². The Kier molecular flexibility index (Phi) is 6.41. The predicted octanol–water partition coefficient (Wildman–Crippen LogP) is 0.773. The van der Waals surface area contributed by atoms with Crippen LogP contribution >= 0.6 is 0 Å². The Hall–Kier alpha value is -2.09. The lowest BCUT2D eigenvalue weighted by atomic mass is 10.1. The van der Waals surface area contributed by atoms with Crippen LogP contribution in [0.15, 0.2) is 48.5 Å². The van der Waals surface area contributed by atoms with E-state index in [1.807, 2.05) is 0 Å². The first-order valence-corrected chi connectivity index (χ1v) is 9.81. The van der Waals surface area contributed by atoms with Crippen molar-refractivity contribution >= 4 is 21.2 Å². The van der Waals surface area contributed by atoms with Crippen LogP contribution in [0.3, 0.4) is 0 Å². The van der Waals surface area contributed by atoms with E-state index in [-0.39, 0.29) is 12.8 Å². The number of hydrogen-bond donors (Lipinski definition) is 4. The van der Waals surface area contributed by atoms with Crippen LogP contribution in [-0.4, -0.2) is 42.3 Å². The summed E-state index contributed by atoms with van der Waals surface area (Å²) in [4.78, 5) is 0. The Morgan fingerprint density at radius 1 is 0.720 bits per heavy atom. The van der Waals surface area contributed by atoms with Gasteiger partial charge in [0.1, 0.15) is 0 Å². The topological polar surface area (TPSA) is 127 Å². The first-order valence-electron chi connectivity index (χ1n) is 7.99. The number of aliphatic hydroxyl groups excluding tert-OH is 2. The van der Waals surface area contributed by atoms with Crippen molar-refractivity contribution in [1.82, 2.24) is 0 Å². The van der Waals surface area contributed by atoms with E-state index in [1.54, 1.807) is 48.5 Å². The summed E-state index contributed by atoms with van der Waals surface area (Å²) < 4.78 is 24.4. The lowest BCUT2D eigenvalue weighted by molar-refractivity contribution is 0.190. The average molecular weight is 364 g/mol. The molecule has 0 aliphatic rings. The van der Waals surface area contributed by atoms with Crippen molar-refractivity contribution in [2.45, 2.75) is 25.0 Å². The highest BCUT2D eigenvalue weighted by Gasteiger charge is 2.22. The fraction of sp³-hybridized carbons (Fsp3) is 0.333. The maximum Gasteiger partial charge on any atom is 0.155 e. The zero-order chi connectivity index (χ0) is 18.4. The first-order chi connectivity index (χ1) is 11.7. The molecule has 0 saturated carbocycles. The Morgan fingerprint density at radius 3 is 1.36 bits per heavy atom. The van der Waals surface area contributed by atoms with Crippen LogP contribution in [0.2, 0.25) is 0 Å². The molecule has 7 heteroatoms. The molecule has 0 fully saturated rings. The van der Waals surface area contributed by atoms with Crippen LogP contribution < -0.4 is 11.5 Å². The molecule has 0 amide bonds. The van der Waals surface area contributed by atoms with E-state index in [4.69, 9.17) is 11.5 Å². The molecule has 2 aromatic carbocycles. The molecule has 25 heavy (non-hydrogen) atoms. The van der Waals surface area contributed by atoms with E-state index in [0.717, 1.165) is 11.1 Å². The van der Waals surface area contributed by atoms with Gasteiger partial charge in [0.15, 0.2) is 9.84 Å². The summed E-state index contributed by atoms with van der Waals surface area (Å²) in [5, 5.41) is 20.1. The van der Waals surface area contributed by atoms with Crippen LogP contribution in [0, 0.1) is 0 Å². The SMILES string of the molecule is Nc1ccc(CC(O)CS(=O)(=O)CC(O)Cc2ccc(N)cc2)cc1. The molecule has 0 spiro atoms. The monoisotopic (exact) mass is 364 g/mol. The van der Waals surface area contributed by atoms with Gasteiger partial charge in [-0.1, -0.05) is 24.3 Å². The van der Waals surface area contributed by atoms with Gasteiger partial charge >= 0.3 is 0 Å². The van der Waals surface area contributed by atoms with Gasteiger partial charge in [-0.2, -0.15) is 0 Å². The quantitative estimate of drug-likeness (QED) is 0.513. The van der Waals surface area contributed by atoms with Crippen molar-refractivity contribution < 1.29 is 18.6 Å². The van der Waals surface area contributed by atoms with E-state index >= 15 is 0 Å². The van der Waals surface area contributed by atoms with Crippen molar-refractivity contribution in [3.05, 3.63) is 59.7 Å². The second-order valence-electron chi connectivity index (χ2n) is 6.28. The Balaban J connectivity index is 1.87. The molecule has 0 radical (unpaired) electrons. The first kappa shape index (κ1) is 19.2. The third-order valence-corrected chi connectivity index (χ3v) is 5.58. The molecule has 0 bridgehead atoms. The molecule has 0 aliphatic heterocycles. The summed E-state index contributed by atoms with van der Waals surface area (Å²) in [6, 6.07) is 13.8. The molecule has 0 saturated heterocycles. The minimum absolute atomic E-state index is 0.216. The molecule has 2 unspecified atom stereocenters. The zero-order valence-corrected chi connectivity index (χ0v) is 14.7. The zero-order valence-electron chi connectivity index (χ0n) is 13.9. The number of aliphatic hydroxyl groups is 2. The van der Waals surface area contributed by atoms with Gasteiger partial charge in [-0.3, -0.25) is 0 Å². The Morgan fingerprint density at radius 2 is 1.04 bits per heavy atom. The van der Waals surface area contributed by atoms with E-state index < -0.39 is 33.6 Å². The van der Waals surface area contributed by atoms with E-state index in [9.17, 15) is 18.6 Å². The maximum atomic E-state index is 12.2. The standard InChI is InChI=1S/C18H24N2O4S/c19-15-5-1-13(2-6-15)9-17(21)11-25(23,24)12-18(22)10-14-3-7-16(20)8-4-14/h1-8,17-18,21-22H,9-12,19-20H2. The summed E-state index contributed by atoms with van der Waals surface area (Å²) in [7, 11) is -3.59. The van der Waals surface area contributed by atoms with Gasteiger partial charge in [0.25, 0.3) is 0 Å². The molecule has 6 nitrogen and oxygen atoms in total.